The molecule has 0 saturated heterocycles. The molecule has 1 aliphatic carbocycles. The van der Waals surface area contributed by atoms with Gasteiger partial charge in [0.1, 0.15) is 5.82 Å². The molecule has 2 aromatic rings. The van der Waals surface area contributed by atoms with Gasteiger partial charge in [0.15, 0.2) is 5.78 Å². The Morgan fingerprint density at radius 2 is 1.90 bits per heavy atom. The Kier molecular flexibility index (Phi) is 5.48. The van der Waals surface area contributed by atoms with E-state index in [0.717, 1.165) is 28.9 Å². The van der Waals surface area contributed by atoms with E-state index >= 15 is 0 Å². The van der Waals surface area contributed by atoms with Gasteiger partial charge >= 0.3 is 0 Å². The zero-order valence-corrected chi connectivity index (χ0v) is 18.9. The number of dihydropyridines is 1. The molecule has 1 aliphatic heterocycles. The van der Waals surface area contributed by atoms with Crippen LogP contribution < -0.4 is 10.6 Å². The predicted octanol–water partition coefficient (Wildman–Crippen LogP) is 5.29. The molecule has 1 amide bonds. The number of allylic oxidation sites excluding steroid dienone is 3. The summed E-state index contributed by atoms with van der Waals surface area (Å²) in [4.78, 5) is 31.0. The predicted molar refractivity (Wildman–Crippen MR) is 123 cm³/mol. The first-order chi connectivity index (χ1) is 14.7. The number of aryl methyl sites for hydroxylation is 1. The molecule has 0 bridgehead atoms. The fourth-order valence-corrected chi connectivity index (χ4v) is 4.73. The summed E-state index contributed by atoms with van der Waals surface area (Å²) in [6, 6.07) is 11.1. The number of anilines is 1. The van der Waals surface area contributed by atoms with Gasteiger partial charge in [-0.1, -0.05) is 49.7 Å². The molecular weight excluding hydrogens is 410 g/mol. The number of rotatable bonds is 3. The summed E-state index contributed by atoms with van der Waals surface area (Å²) in [6.45, 7) is 7.99. The highest BCUT2D eigenvalue weighted by Gasteiger charge is 2.43. The van der Waals surface area contributed by atoms with Crippen LogP contribution in [0.1, 0.15) is 50.7 Å². The fraction of sp³-hybridized carbons (Fsp3) is 0.320. The zero-order valence-electron chi connectivity index (χ0n) is 18.2. The minimum atomic E-state index is -0.529. The second-order valence-electron chi connectivity index (χ2n) is 9.13. The maximum Gasteiger partial charge on any atom is 0.255 e. The number of pyridine rings is 1. The van der Waals surface area contributed by atoms with Crippen molar-refractivity contribution in [2.75, 3.05) is 5.32 Å². The molecule has 4 rings (SSSR count). The summed E-state index contributed by atoms with van der Waals surface area (Å²) < 4.78 is 0. The van der Waals surface area contributed by atoms with E-state index < -0.39 is 5.92 Å². The molecule has 0 unspecified atom stereocenters. The SMILES string of the molecule is CC1=C(C(=O)Nc2ccc(C)cn2)[C@H](c2ccccc2Cl)C2=C(CC(C)(C)CC2=O)N1. The van der Waals surface area contributed by atoms with Gasteiger partial charge in [-0.2, -0.15) is 0 Å². The third-order valence-corrected chi connectivity index (χ3v) is 6.20. The summed E-state index contributed by atoms with van der Waals surface area (Å²) in [6.07, 6.45) is 2.87. The number of amides is 1. The molecule has 0 spiro atoms. The van der Waals surface area contributed by atoms with Crippen LogP contribution in [0.15, 0.2) is 65.1 Å². The molecule has 31 heavy (non-hydrogen) atoms. The number of benzene rings is 1. The molecule has 5 nitrogen and oxygen atoms in total. The first-order valence-electron chi connectivity index (χ1n) is 10.4. The number of carbonyl (C=O) groups excluding carboxylic acids is 2. The molecule has 1 aromatic carbocycles. The van der Waals surface area contributed by atoms with Crippen molar-refractivity contribution >= 4 is 29.1 Å². The van der Waals surface area contributed by atoms with Crippen molar-refractivity contribution in [2.24, 2.45) is 5.41 Å². The van der Waals surface area contributed by atoms with Crippen LogP contribution in [0.4, 0.5) is 5.82 Å². The monoisotopic (exact) mass is 435 g/mol. The second-order valence-corrected chi connectivity index (χ2v) is 9.53. The lowest BCUT2D eigenvalue weighted by atomic mass is 9.68. The Morgan fingerprint density at radius 1 is 1.16 bits per heavy atom. The minimum Gasteiger partial charge on any atom is -0.362 e. The van der Waals surface area contributed by atoms with E-state index in [-0.39, 0.29) is 17.1 Å². The smallest absolute Gasteiger partial charge is 0.255 e. The van der Waals surface area contributed by atoms with Crippen molar-refractivity contribution in [2.45, 2.75) is 46.5 Å². The van der Waals surface area contributed by atoms with E-state index in [1.165, 1.54) is 0 Å². The van der Waals surface area contributed by atoms with E-state index in [4.69, 9.17) is 11.6 Å². The van der Waals surface area contributed by atoms with Gasteiger partial charge in [0.2, 0.25) is 0 Å². The molecule has 1 atom stereocenters. The van der Waals surface area contributed by atoms with Crippen molar-refractivity contribution in [3.05, 3.63) is 81.3 Å². The zero-order chi connectivity index (χ0) is 22.3. The number of ketones is 1. The van der Waals surface area contributed by atoms with Gasteiger partial charge in [-0.3, -0.25) is 9.59 Å². The van der Waals surface area contributed by atoms with Crippen LogP contribution in [-0.4, -0.2) is 16.7 Å². The molecule has 1 aromatic heterocycles. The molecule has 0 fully saturated rings. The van der Waals surface area contributed by atoms with Crippen LogP contribution in [0, 0.1) is 12.3 Å². The number of nitrogens with one attached hydrogen (secondary N) is 2. The van der Waals surface area contributed by atoms with E-state index in [0.29, 0.717) is 28.4 Å². The Labute approximate surface area is 187 Å². The van der Waals surface area contributed by atoms with E-state index in [1.54, 1.807) is 18.3 Å². The highest BCUT2D eigenvalue weighted by molar-refractivity contribution is 6.31. The van der Waals surface area contributed by atoms with Crippen molar-refractivity contribution < 1.29 is 9.59 Å². The summed E-state index contributed by atoms with van der Waals surface area (Å²) in [5, 5.41) is 6.79. The molecular formula is C25H26ClN3O2. The van der Waals surface area contributed by atoms with Crippen molar-refractivity contribution in [1.29, 1.82) is 0 Å². The summed E-state index contributed by atoms with van der Waals surface area (Å²) in [5.41, 5.74) is 4.36. The van der Waals surface area contributed by atoms with Crippen LogP contribution in [0.25, 0.3) is 0 Å². The Bertz CT molecular complexity index is 1130. The second kappa shape index (κ2) is 7.97. The van der Waals surface area contributed by atoms with Crippen molar-refractivity contribution in [3.63, 3.8) is 0 Å². The topological polar surface area (TPSA) is 71.1 Å². The average molecular weight is 436 g/mol. The highest BCUT2D eigenvalue weighted by Crippen LogP contribution is 2.47. The third kappa shape index (κ3) is 4.15. The van der Waals surface area contributed by atoms with Gasteiger partial charge in [0, 0.05) is 46.1 Å². The van der Waals surface area contributed by atoms with E-state index in [2.05, 4.69) is 29.5 Å². The first-order valence-corrected chi connectivity index (χ1v) is 10.8. The number of Topliss-reactive ketones (excluding diaryl/α,β-unsaturated/α-hetero) is 1. The number of halogens is 1. The first kappa shape index (κ1) is 21.3. The molecule has 0 radical (unpaired) electrons. The van der Waals surface area contributed by atoms with Gasteiger partial charge in [-0.15, -0.1) is 0 Å². The lowest BCUT2D eigenvalue weighted by molar-refractivity contribution is -0.118. The molecule has 6 heteroatoms. The van der Waals surface area contributed by atoms with Gasteiger partial charge in [-0.25, -0.2) is 4.98 Å². The molecule has 0 saturated carbocycles. The molecule has 2 aliphatic rings. The van der Waals surface area contributed by atoms with Gasteiger partial charge < -0.3 is 10.6 Å². The quantitative estimate of drug-likeness (QED) is 0.687. The van der Waals surface area contributed by atoms with Gasteiger partial charge in [0.05, 0.1) is 0 Å². The highest BCUT2D eigenvalue weighted by atomic mass is 35.5. The van der Waals surface area contributed by atoms with Crippen molar-refractivity contribution in [3.8, 4) is 0 Å². The largest absolute Gasteiger partial charge is 0.362 e. The number of carbonyl (C=O) groups is 2. The van der Waals surface area contributed by atoms with Gasteiger partial charge in [0.25, 0.3) is 5.91 Å². The van der Waals surface area contributed by atoms with E-state index in [1.807, 2.05) is 38.1 Å². The average Bonchev–Trinajstić information content (AvgIpc) is 2.68. The number of hydrogen-bond donors (Lipinski definition) is 2. The molecule has 2 N–H and O–H groups in total. The normalized spacial score (nSPS) is 20.3. The lowest BCUT2D eigenvalue weighted by Crippen LogP contribution is -2.39. The van der Waals surface area contributed by atoms with Crippen LogP contribution in [0.3, 0.4) is 0 Å². The van der Waals surface area contributed by atoms with E-state index in [9.17, 15) is 9.59 Å². The number of aromatic nitrogens is 1. The Hall–Kier alpha value is -2.92. The van der Waals surface area contributed by atoms with Crippen LogP contribution in [0.5, 0.6) is 0 Å². The third-order valence-electron chi connectivity index (χ3n) is 5.85. The van der Waals surface area contributed by atoms with Crippen molar-refractivity contribution in [1.82, 2.24) is 10.3 Å². The maximum atomic E-state index is 13.4. The van der Waals surface area contributed by atoms with Crippen LogP contribution >= 0.6 is 11.6 Å². The lowest BCUT2D eigenvalue weighted by Gasteiger charge is -2.39. The number of nitrogens with zero attached hydrogens (tertiary/aromatic N) is 1. The summed E-state index contributed by atoms with van der Waals surface area (Å²) >= 11 is 6.57. The maximum absolute atomic E-state index is 13.4. The molecule has 160 valence electrons. The number of hydrogen-bond acceptors (Lipinski definition) is 4. The summed E-state index contributed by atoms with van der Waals surface area (Å²) in [5.74, 6) is -0.311. The van der Waals surface area contributed by atoms with Gasteiger partial charge in [-0.05, 0) is 48.9 Å². The summed E-state index contributed by atoms with van der Waals surface area (Å²) in [7, 11) is 0. The van der Waals surface area contributed by atoms with Crippen LogP contribution in [0.2, 0.25) is 5.02 Å². The standard InChI is InChI=1S/C25H26ClN3O2/c1-14-9-10-20(27-13-14)29-24(31)21-15(2)28-18-11-25(3,4)12-19(30)23(18)22(21)16-7-5-6-8-17(16)26/h5-10,13,22,28H,11-12H2,1-4H3,(H,27,29,31)/t22-/m0/s1. The molecule has 2 heterocycles. The Balaban J connectivity index is 1.81. The fourth-order valence-electron chi connectivity index (χ4n) is 4.48. The minimum absolute atomic E-state index is 0.0509. The Morgan fingerprint density at radius 3 is 2.58 bits per heavy atom. The van der Waals surface area contributed by atoms with Crippen LogP contribution in [-0.2, 0) is 9.59 Å².